The molecule has 1 aliphatic heterocycles. The Morgan fingerprint density at radius 1 is 1.31 bits per heavy atom. The van der Waals surface area contributed by atoms with Crippen molar-refractivity contribution < 1.29 is 9.59 Å². The van der Waals surface area contributed by atoms with Crippen LogP contribution in [0.2, 0.25) is 0 Å². The number of nitrogens with one attached hydrogen (secondary N) is 2. The van der Waals surface area contributed by atoms with Gasteiger partial charge in [0.05, 0.1) is 0 Å². The Balaban J connectivity index is 2.74. The maximum atomic E-state index is 11.5. The number of hydrogen-bond donors (Lipinski definition) is 2. The van der Waals surface area contributed by atoms with Crippen molar-refractivity contribution in [3.8, 4) is 0 Å². The smallest absolute Gasteiger partial charge is 0.243 e. The van der Waals surface area contributed by atoms with Crippen LogP contribution >= 0.6 is 0 Å². The molecule has 1 heterocycles. The molecule has 0 spiro atoms. The molecule has 2 amide bonds. The van der Waals surface area contributed by atoms with Gasteiger partial charge >= 0.3 is 0 Å². The third-order valence-electron chi connectivity index (χ3n) is 2.15. The van der Waals surface area contributed by atoms with Crippen molar-refractivity contribution in [3.63, 3.8) is 0 Å². The summed E-state index contributed by atoms with van der Waals surface area (Å²) < 4.78 is 0. The summed E-state index contributed by atoms with van der Waals surface area (Å²) in [7, 11) is 0. The second-order valence-electron chi connectivity index (χ2n) is 3.90. The highest BCUT2D eigenvalue weighted by molar-refractivity contribution is 5.90. The standard InChI is InChI=1S/C9H16N2O2/c1-5(2)8-9(13)10-6(3)4-7(12)11-8/h5-6,8H,4H2,1-3H3,(H,10,13)(H,11,12). The van der Waals surface area contributed by atoms with Gasteiger partial charge in [0.15, 0.2) is 0 Å². The van der Waals surface area contributed by atoms with E-state index in [4.69, 9.17) is 0 Å². The highest BCUT2D eigenvalue weighted by atomic mass is 16.2. The number of hydrogen-bond acceptors (Lipinski definition) is 2. The Morgan fingerprint density at radius 3 is 2.46 bits per heavy atom. The van der Waals surface area contributed by atoms with Gasteiger partial charge in [-0.2, -0.15) is 0 Å². The zero-order valence-electron chi connectivity index (χ0n) is 8.26. The first-order chi connectivity index (χ1) is 6.00. The second kappa shape index (κ2) is 3.77. The van der Waals surface area contributed by atoms with Crippen LogP contribution < -0.4 is 10.6 Å². The van der Waals surface area contributed by atoms with E-state index in [1.165, 1.54) is 0 Å². The lowest BCUT2D eigenvalue weighted by Gasteiger charge is -2.18. The molecule has 2 atom stereocenters. The fraction of sp³-hybridized carbons (Fsp3) is 0.778. The molecule has 0 radical (unpaired) electrons. The van der Waals surface area contributed by atoms with Crippen molar-refractivity contribution >= 4 is 11.8 Å². The van der Waals surface area contributed by atoms with Gasteiger partial charge in [-0.15, -0.1) is 0 Å². The van der Waals surface area contributed by atoms with Crippen LogP contribution in [0, 0.1) is 5.92 Å². The molecule has 0 aromatic carbocycles. The third kappa shape index (κ3) is 2.44. The molecular weight excluding hydrogens is 168 g/mol. The number of amides is 2. The fourth-order valence-electron chi connectivity index (χ4n) is 1.43. The molecule has 1 aliphatic rings. The summed E-state index contributed by atoms with van der Waals surface area (Å²) >= 11 is 0. The van der Waals surface area contributed by atoms with E-state index < -0.39 is 0 Å². The Kier molecular flexibility index (Phi) is 2.90. The molecule has 74 valence electrons. The molecule has 1 rings (SSSR count). The summed E-state index contributed by atoms with van der Waals surface area (Å²) in [6, 6.07) is -0.436. The zero-order valence-corrected chi connectivity index (χ0v) is 8.26. The second-order valence-corrected chi connectivity index (χ2v) is 3.90. The van der Waals surface area contributed by atoms with E-state index in [0.717, 1.165) is 0 Å². The van der Waals surface area contributed by atoms with Crippen LogP contribution in [0.4, 0.5) is 0 Å². The van der Waals surface area contributed by atoms with Crippen molar-refractivity contribution in [2.75, 3.05) is 0 Å². The molecule has 0 saturated carbocycles. The van der Waals surface area contributed by atoms with Crippen molar-refractivity contribution in [3.05, 3.63) is 0 Å². The van der Waals surface area contributed by atoms with E-state index in [9.17, 15) is 9.59 Å². The Hall–Kier alpha value is -1.06. The van der Waals surface area contributed by atoms with E-state index in [0.29, 0.717) is 6.42 Å². The summed E-state index contributed by atoms with van der Waals surface area (Å²) in [5.41, 5.74) is 0. The lowest BCUT2D eigenvalue weighted by atomic mass is 10.0. The highest BCUT2D eigenvalue weighted by Crippen LogP contribution is 2.07. The summed E-state index contributed by atoms with van der Waals surface area (Å²) in [4.78, 5) is 22.7. The Labute approximate surface area is 78.1 Å². The summed E-state index contributed by atoms with van der Waals surface area (Å²) in [6.45, 7) is 5.67. The SMILES string of the molecule is CC1CC(=O)NC(C(C)C)C(=O)N1. The van der Waals surface area contributed by atoms with Crippen molar-refractivity contribution in [2.24, 2.45) is 5.92 Å². The van der Waals surface area contributed by atoms with Crippen LogP contribution in [0.5, 0.6) is 0 Å². The van der Waals surface area contributed by atoms with Gasteiger partial charge in [-0.05, 0) is 12.8 Å². The molecule has 4 heteroatoms. The van der Waals surface area contributed by atoms with Gasteiger partial charge in [0.2, 0.25) is 11.8 Å². The van der Waals surface area contributed by atoms with E-state index in [1.807, 2.05) is 20.8 Å². The average Bonchev–Trinajstić information content (AvgIpc) is 2.09. The van der Waals surface area contributed by atoms with Crippen LogP contribution in [0.25, 0.3) is 0 Å². The van der Waals surface area contributed by atoms with E-state index >= 15 is 0 Å². The van der Waals surface area contributed by atoms with Gasteiger partial charge in [-0.3, -0.25) is 9.59 Å². The van der Waals surface area contributed by atoms with E-state index in [-0.39, 0.29) is 29.8 Å². The first-order valence-corrected chi connectivity index (χ1v) is 4.60. The Morgan fingerprint density at radius 2 is 1.92 bits per heavy atom. The minimum Gasteiger partial charge on any atom is -0.351 e. The topological polar surface area (TPSA) is 58.2 Å². The van der Waals surface area contributed by atoms with Gasteiger partial charge in [-0.25, -0.2) is 0 Å². The molecule has 0 aromatic rings. The first kappa shape index (κ1) is 10.0. The van der Waals surface area contributed by atoms with Crippen LogP contribution in [0.15, 0.2) is 0 Å². The van der Waals surface area contributed by atoms with Crippen LogP contribution in [-0.4, -0.2) is 23.9 Å². The van der Waals surface area contributed by atoms with Crippen molar-refractivity contribution in [1.29, 1.82) is 0 Å². The molecular formula is C9H16N2O2. The minimum absolute atomic E-state index is 0.0513. The minimum atomic E-state index is -0.377. The average molecular weight is 184 g/mol. The zero-order chi connectivity index (χ0) is 10.0. The lowest BCUT2D eigenvalue weighted by molar-refractivity contribution is -0.127. The van der Waals surface area contributed by atoms with Gasteiger partial charge in [0, 0.05) is 12.5 Å². The molecule has 4 nitrogen and oxygen atoms in total. The van der Waals surface area contributed by atoms with Crippen molar-refractivity contribution in [1.82, 2.24) is 10.6 Å². The molecule has 1 fully saturated rings. The Bertz CT molecular complexity index is 226. The first-order valence-electron chi connectivity index (χ1n) is 4.60. The number of rotatable bonds is 1. The fourth-order valence-corrected chi connectivity index (χ4v) is 1.43. The normalized spacial score (nSPS) is 29.5. The van der Waals surface area contributed by atoms with Crippen LogP contribution in [0.1, 0.15) is 27.2 Å². The monoisotopic (exact) mass is 184 g/mol. The predicted octanol–water partition coefficient (Wildman–Crippen LogP) is 0.0356. The lowest BCUT2D eigenvalue weighted by Crippen LogP contribution is -2.46. The molecule has 13 heavy (non-hydrogen) atoms. The van der Waals surface area contributed by atoms with Gasteiger partial charge in [0.1, 0.15) is 6.04 Å². The number of carbonyl (C=O) groups excluding carboxylic acids is 2. The van der Waals surface area contributed by atoms with Crippen LogP contribution in [-0.2, 0) is 9.59 Å². The predicted molar refractivity (Wildman–Crippen MR) is 49.0 cm³/mol. The van der Waals surface area contributed by atoms with Gasteiger partial charge < -0.3 is 10.6 Å². The summed E-state index contributed by atoms with van der Waals surface area (Å²) in [5, 5.41) is 5.49. The molecule has 0 aromatic heterocycles. The molecule has 2 N–H and O–H groups in total. The number of carbonyl (C=O) groups is 2. The largest absolute Gasteiger partial charge is 0.351 e. The summed E-state index contributed by atoms with van der Waals surface area (Å²) in [5.74, 6) is 0.00662. The van der Waals surface area contributed by atoms with Gasteiger partial charge in [0.25, 0.3) is 0 Å². The molecule has 0 bridgehead atoms. The maximum Gasteiger partial charge on any atom is 0.243 e. The van der Waals surface area contributed by atoms with Crippen LogP contribution in [0.3, 0.4) is 0 Å². The molecule has 2 unspecified atom stereocenters. The third-order valence-corrected chi connectivity index (χ3v) is 2.15. The quantitative estimate of drug-likeness (QED) is 0.604. The van der Waals surface area contributed by atoms with E-state index in [2.05, 4.69) is 10.6 Å². The van der Waals surface area contributed by atoms with Crippen molar-refractivity contribution in [2.45, 2.75) is 39.3 Å². The molecule has 1 saturated heterocycles. The maximum absolute atomic E-state index is 11.5. The van der Waals surface area contributed by atoms with Gasteiger partial charge in [-0.1, -0.05) is 13.8 Å². The highest BCUT2D eigenvalue weighted by Gasteiger charge is 2.28. The van der Waals surface area contributed by atoms with E-state index in [1.54, 1.807) is 0 Å². The summed E-state index contributed by atoms with van der Waals surface area (Å²) in [6.07, 6.45) is 0.370. The molecule has 0 aliphatic carbocycles.